The Morgan fingerprint density at radius 3 is 2.42 bits per heavy atom. The van der Waals surface area contributed by atoms with Crippen molar-refractivity contribution in [2.24, 2.45) is 5.73 Å². The second-order valence-electron chi connectivity index (χ2n) is 6.21. The molecule has 0 saturated heterocycles. The SMILES string of the molecule is NC(CC1=CCCCC1)c1ccc(C2CCC2)cc1. The van der Waals surface area contributed by atoms with Crippen LogP contribution in [-0.4, -0.2) is 0 Å². The van der Waals surface area contributed by atoms with Crippen LogP contribution >= 0.6 is 0 Å². The predicted molar refractivity (Wildman–Crippen MR) is 81.1 cm³/mol. The first-order valence-corrected chi connectivity index (χ1v) is 7.86. The molecule has 0 radical (unpaired) electrons. The highest BCUT2D eigenvalue weighted by Gasteiger charge is 2.19. The van der Waals surface area contributed by atoms with Gasteiger partial charge >= 0.3 is 0 Å². The summed E-state index contributed by atoms with van der Waals surface area (Å²) in [5, 5.41) is 0. The van der Waals surface area contributed by atoms with Crippen molar-refractivity contribution in [2.75, 3.05) is 0 Å². The van der Waals surface area contributed by atoms with Crippen LogP contribution in [0.2, 0.25) is 0 Å². The number of allylic oxidation sites excluding steroid dienone is 1. The van der Waals surface area contributed by atoms with Gasteiger partial charge in [0.25, 0.3) is 0 Å². The summed E-state index contributed by atoms with van der Waals surface area (Å²) in [4.78, 5) is 0. The second kappa shape index (κ2) is 5.92. The van der Waals surface area contributed by atoms with E-state index in [1.807, 2.05) is 0 Å². The summed E-state index contributed by atoms with van der Waals surface area (Å²) in [5.74, 6) is 0.825. The van der Waals surface area contributed by atoms with Gasteiger partial charge in [0.1, 0.15) is 0 Å². The van der Waals surface area contributed by atoms with Crippen LogP contribution in [0.5, 0.6) is 0 Å². The van der Waals surface area contributed by atoms with Gasteiger partial charge < -0.3 is 5.73 Å². The fourth-order valence-electron chi connectivity index (χ4n) is 3.25. The van der Waals surface area contributed by atoms with Gasteiger partial charge in [-0.3, -0.25) is 0 Å². The zero-order chi connectivity index (χ0) is 13.1. The lowest BCUT2D eigenvalue weighted by Crippen LogP contribution is -2.13. The lowest BCUT2D eigenvalue weighted by atomic mass is 9.79. The van der Waals surface area contributed by atoms with Gasteiger partial charge in [0.05, 0.1) is 0 Å². The van der Waals surface area contributed by atoms with Crippen LogP contribution in [0, 0.1) is 0 Å². The van der Waals surface area contributed by atoms with Crippen molar-refractivity contribution < 1.29 is 0 Å². The van der Waals surface area contributed by atoms with Crippen molar-refractivity contribution >= 4 is 0 Å². The molecule has 2 aliphatic rings. The molecule has 1 heteroatoms. The third-order valence-corrected chi connectivity index (χ3v) is 4.81. The summed E-state index contributed by atoms with van der Waals surface area (Å²) in [6.45, 7) is 0. The van der Waals surface area contributed by atoms with Crippen LogP contribution in [0.4, 0.5) is 0 Å². The van der Waals surface area contributed by atoms with Gasteiger partial charge in [-0.25, -0.2) is 0 Å². The molecule has 2 aliphatic carbocycles. The molecular weight excluding hydrogens is 230 g/mol. The minimum atomic E-state index is 0.180. The summed E-state index contributed by atoms with van der Waals surface area (Å²) in [5.41, 5.74) is 10.7. The summed E-state index contributed by atoms with van der Waals surface area (Å²) in [6, 6.07) is 9.28. The first-order chi connectivity index (χ1) is 9.33. The van der Waals surface area contributed by atoms with Crippen molar-refractivity contribution in [3.63, 3.8) is 0 Å². The van der Waals surface area contributed by atoms with Crippen LogP contribution in [0.15, 0.2) is 35.9 Å². The Labute approximate surface area is 116 Å². The maximum absolute atomic E-state index is 6.36. The van der Waals surface area contributed by atoms with Gasteiger partial charge in [-0.2, -0.15) is 0 Å². The lowest BCUT2D eigenvalue weighted by Gasteiger charge is -2.26. The third kappa shape index (κ3) is 3.09. The van der Waals surface area contributed by atoms with Crippen LogP contribution in [0.3, 0.4) is 0 Å². The summed E-state index contributed by atoms with van der Waals surface area (Å²) < 4.78 is 0. The van der Waals surface area contributed by atoms with Crippen molar-refractivity contribution in [1.29, 1.82) is 0 Å². The van der Waals surface area contributed by atoms with Crippen LogP contribution in [0.25, 0.3) is 0 Å². The zero-order valence-electron chi connectivity index (χ0n) is 11.8. The van der Waals surface area contributed by atoms with E-state index >= 15 is 0 Å². The summed E-state index contributed by atoms with van der Waals surface area (Å²) >= 11 is 0. The molecule has 2 N–H and O–H groups in total. The first kappa shape index (κ1) is 12.9. The third-order valence-electron chi connectivity index (χ3n) is 4.81. The van der Waals surface area contributed by atoms with Gasteiger partial charge in [0.2, 0.25) is 0 Å². The number of hydrogen-bond acceptors (Lipinski definition) is 1. The Hall–Kier alpha value is -1.08. The van der Waals surface area contributed by atoms with Crippen molar-refractivity contribution in [3.05, 3.63) is 47.0 Å². The van der Waals surface area contributed by atoms with Crippen LogP contribution < -0.4 is 5.73 Å². The molecule has 3 rings (SSSR count). The molecule has 0 aromatic heterocycles. The minimum absolute atomic E-state index is 0.180. The van der Waals surface area contributed by atoms with Crippen LogP contribution in [0.1, 0.15) is 74.5 Å². The standard InChI is InChI=1S/C18H25N/c19-18(13-14-5-2-1-3-6-14)17-11-9-16(10-12-17)15-7-4-8-15/h5,9-12,15,18H,1-4,6-8,13,19H2. The molecule has 1 fully saturated rings. The van der Waals surface area contributed by atoms with Gasteiger partial charge in [-0.05, 0) is 62.0 Å². The van der Waals surface area contributed by atoms with E-state index in [1.54, 1.807) is 5.57 Å². The van der Waals surface area contributed by atoms with Gasteiger partial charge in [-0.1, -0.05) is 42.3 Å². The molecule has 0 amide bonds. The molecule has 1 unspecified atom stereocenters. The molecule has 1 aromatic rings. The molecule has 19 heavy (non-hydrogen) atoms. The monoisotopic (exact) mass is 255 g/mol. The Balaban J connectivity index is 1.62. The van der Waals surface area contributed by atoms with E-state index in [0.29, 0.717) is 0 Å². The Kier molecular flexibility index (Phi) is 4.03. The quantitative estimate of drug-likeness (QED) is 0.765. The zero-order valence-corrected chi connectivity index (χ0v) is 11.8. The van der Waals surface area contributed by atoms with Gasteiger partial charge in [-0.15, -0.1) is 0 Å². The Morgan fingerprint density at radius 2 is 1.84 bits per heavy atom. The van der Waals surface area contributed by atoms with Crippen molar-refractivity contribution in [1.82, 2.24) is 0 Å². The highest BCUT2D eigenvalue weighted by Crippen LogP contribution is 2.36. The molecule has 1 aromatic carbocycles. The van der Waals surface area contributed by atoms with Gasteiger partial charge in [0, 0.05) is 6.04 Å². The maximum atomic E-state index is 6.36. The van der Waals surface area contributed by atoms with E-state index in [1.165, 1.54) is 56.1 Å². The molecule has 0 bridgehead atoms. The van der Waals surface area contributed by atoms with E-state index in [0.717, 1.165) is 12.3 Å². The molecule has 0 aliphatic heterocycles. The Bertz CT molecular complexity index is 439. The highest BCUT2D eigenvalue weighted by molar-refractivity contribution is 5.29. The average molecular weight is 255 g/mol. The molecule has 0 spiro atoms. The molecule has 102 valence electrons. The van der Waals surface area contributed by atoms with E-state index in [2.05, 4.69) is 30.3 Å². The maximum Gasteiger partial charge on any atom is 0.0332 e. The van der Waals surface area contributed by atoms with E-state index in [-0.39, 0.29) is 6.04 Å². The topological polar surface area (TPSA) is 26.0 Å². The number of nitrogens with two attached hydrogens (primary N) is 1. The summed E-state index contributed by atoms with van der Waals surface area (Å²) in [6.07, 6.45) is 12.8. The van der Waals surface area contributed by atoms with E-state index in [4.69, 9.17) is 5.73 Å². The smallest absolute Gasteiger partial charge is 0.0332 e. The number of benzene rings is 1. The minimum Gasteiger partial charge on any atom is -0.324 e. The van der Waals surface area contributed by atoms with E-state index in [9.17, 15) is 0 Å². The van der Waals surface area contributed by atoms with Crippen molar-refractivity contribution in [3.8, 4) is 0 Å². The van der Waals surface area contributed by atoms with E-state index < -0.39 is 0 Å². The number of rotatable bonds is 4. The fourth-order valence-corrected chi connectivity index (χ4v) is 3.25. The first-order valence-electron chi connectivity index (χ1n) is 7.86. The Morgan fingerprint density at radius 1 is 1.05 bits per heavy atom. The van der Waals surface area contributed by atoms with Crippen molar-refractivity contribution in [2.45, 2.75) is 63.3 Å². The van der Waals surface area contributed by atoms with Crippen LogP contribution in [-0.2, 0) is 0 Å². The highest BCUT2D eigenvalue weighted by atomic mass is 14.6. The van der Waals surface area contributed by atoms with Gasteiger partial charge in [0.15, 0.2) is 0 Å². The molecular formula is C18H25N. The fraction of sp³-hybridized carbons (Fsp3) is 0.556. The predicted octanol–water partition coefficient (Wildman–Crippen LogP) is 4.84. The summed E-state index contributed by atoms with van der Waals surface area (Å²) in [7, 11) is 0. The average Bonchev–Trinajstić information content (AvgIpc) is 2.39. The second-order valence-corrected chi connectivity index (χ2v) is 6.21. The normalized spacial score (nSPS) is 21.6. The largest absolute Gasteiger partial charge is 0.324 e. The number of hydrogen-bond donors (Lipinski definition) is 1. The molecule has 1 nitrogen and oxygen atoms in total. The molecule has 1 atom stereocenters. The lowest BCUT2D eigenvalue weighted by molar-refractivity contribution is 0.419. The molecule has 1 saturated carbocycles. The molecule has 0 heterocycles.